The number of benzene rings is 1. The summed E-state index contributed by atoms with van der Waals surface area (Å²) in [7, 11) is 0. The average Bonchev–Trinajstić information content (AvgIpc) is 2.61. The number of rotatable bonds is 2. The zero-order chi connectivity index (χ0) is 10.8. The van der Waals surface area contributed by atoms with Gasteiger partial charge in [-0.05, 0) is 18.1 Å². The number of nitrogens with two attached hydrogens (primary N) is 1. The van der Waals surface area contributed by atoms with Gasteiger partial charge in [0.05, 0.1) is 23.3 Å². The molecule has 0 radical (unpaired) electrons. The molecule has 0 fully saturated rings. The van der Waals surface area contributed by atoms with Crippen LogP contribution in [-0.2, 0) is 0 Å². The fourth-order valence-electron chi connectivity index (χ4n) is 1.72. The predicted molar refractivity (Wildman–Crippen MR) is 62.1 cm³/mol. The second-order valence-electron chi connectivity index (χ2n) is 3.89. The standard InChI is InChI=1S/C12H15N3/c1-9(2)12-11(13)8-14-15(12)10-6-4-3-5-7-10/h3-9H,13H2,1-2H3. The van der Waals surface area contributed by atoms with Crippen LogP contribution in [0.4, 0.5) is 5.69 Å². The maximum Gasteiger partial charge on any atom is 0.0740 e. The molecule has 0 unspecified atom stereocenters. The van der Waals surface area contributed by atoms with Crippen LogP contribution >= 0.6 is 0 Å². The highest BCUT2D eigenvalue weighted by Crippen LogP contribution is 2.24. The van der Waals surface area contributed by atoms with E-state index in [4.69, 9.17) is 5.73 Å². The zero-order valence-electron chi connectivity index (χ0n) is 9.01. The summed E-state index contributed by atoms with van der Waals surface area (Å²) in [5, 5.41) is 4.30. The van der Waals surface area contributed by atoms with E-state index in [2.05, 4.69) is 18.9 Å². The maximum absolute atomic E-state index is 5.90. The Labute approximate surface area is 89.5 Å². The van der Waals surface area contributed by atoms with Crippen LogP contribution in [0.3, 0.4) is 0 Å². The highest BCUT2D eigenvalue weighted by atomic mass is 15.3. The molecule has 0 saturated carbocycles. The highest BCUT2D eigenvalue weighted by Gasteiger charge is 2.12. The Hall–Kier alpha value is -1.77. The maximum atomic E-state index is 5.90. The van der Waals surface area contributed by atoms with Crippen LogP contribution in [-0.4, -0.2) is 9.78 Å². The summed E-state index contributed by atoms with van der Waals surface area (Å²) in [5.74, 6) is 0.368. The normalized spacial score (nSPS) is 10.9. The van der Waals surface area contributed by atoms with Crippen molar-refractivity contribution in [3.63, 3.8) is 0 Å². The molecule has 1 heterocycles. The number of nitrogen functional groups attached to an aromatic ring is 1. The Bertz CT molecular complexity index is 443. The van der Waals surface area contributed by atoms with Gasteiger partial charge in [0.25, 0.3) is 0 Å². The summed E-state index contributed by atoms with van der Waals surface area (Å²) in [5.41, 5.74) is 8.78. The van der Waals surface area contributed by atoms with Crippen molar-refractivity contribution in [1.82, 2.24) is 9.78 Å². The third kappa shape index (κ3) is 1.73. The number of hydrogen-bond acceptors (Lipinski definition) is 2. The monoisotopic (exact) mass is 201 g/mol. The largest absolute Gasteiger partial charge is 0.396 e. The third-order valence-corrected chi connectivity index (χ3v) is 2.38. The van der Waals surface area contributed by atoms with E-state index in [0.29, 0.717) is 5.92 Å². The van der Waals surface area contributed by atoms with Crippen molar-refractivity contribution in [2.75, 3.05) is 5.73 Å². The molecule has 0 aliphatic carbocycles. The Morgan fingerprint density at radius 3 is 2.47 bits per heavy atom. The van der Waals surface area contributed by atoms with Crippen LogP contribution in [0.2, 0.25) is 0 Å². The quantitative estimate of drug-likeness (QED) is 0.811. The highest BCUT2D eigenvalue weighted by molar-refractivity contribution is 5.47. The Morgan fingerprint density at radius 2 is 1.87 bits per heavy atom. The average molecular weight is 201 g/mol. The molecule has 0 bridgehead atoms. The van der Waals surface area contributed by atoms with Crippen molar-refractivity contribution in [2.45, 2.75) is 19.8 Å². The Kier molecular flexibility index (Phi) is 2.46. The van der Waals surface area contributed by atoms with Gasteiger partial charge in [-0.2, -0.15) is 5.10 Å². The van der Waals surface area contributed by atoms with Crippen molar-refractivity contribution in [2.24, 2.45) is 0 Å². The first-order valence-corrected chi connectivity index (χ1v) is 5.09. The molecule has 1 aromatic heterocycles. The first-order chi connectivity index (χ1) is 7.20. The summed E-state index contributed by atoms with van der Waals surface area (Å²) in [6.07, 6.45) is 1.71. The fourth-order valence-corrected chi connectivity index (χ4v) is 1.72. The number of hydrogen-bond donors (Lipinski definition) is 1. The van der Waals surface area contributed by atoms with Gasteiger partial charge >= 0.3 is 0 Å². The molecule has 2 N–H and O–H groups in total. The van der Waals surface area contributed by atoms with Crippen molar-refractivity contribution >= 4 is 5.69 Å². The van der Waals surface area contributed by atoms with Crippen molar-refractivity contribution in [3.8, 4) is 5.69 Å². The van der Waals surface area contributed by atoms with Gasteiger partial charge in [0.1, 0.15) is 0 Å². The van der Waals surface area contributed by atoms with Crippen LogP contribution in [0.25, 0.3) is 5.69 Å². The lowest BCUT2D eigenvalue weighted by molar-refractivity contribution is 0.736. The summed E-state index contributed by atoms with van der Waals surface area (Å²) in [6.45, 7) is 4.24. The second-order valence-corrected chi connectivity index (χ2v) is 3.89. The van der Waals surface area contributed by atoms with Crippen molar-refractivity contribution < 1.29 is 0 Å². The molecule has 0 saturated heterocycles. The molecule has 2 rings (SSSR count). The van der Waals surface area contributed by atoms with E-state index < -0.39 is 0 Å². The van der Waals surface area contributed by atoms with E-state index >= 15 is 0 Å². The van der Waals surface area contributed by atoms with Gasteiger partial charge in [0.2, 0.25) is 0 Å². The molecule has 0 aliphatic heterocycles. The lowest BCUT2D eigenvalue weighted by Crippen LogP contribution is -2.05. The van der Waals surface area contributed by atoms with E-state index in [1.807, 2.05) is 35.0 Å². The SMILES string of the molecule is CC(C)c1c(N)cnn1-c1ccccc1. The molecule has 0 amide bonds. The minimum Gasteiger partial charge on any atom is -0.396 e. The number of para-hydroxylation sites is 1. The van der Waals surface area contributed by atoms with Gasteiger partial charge in [0, 0.05) is 0 Å². The van der Waals surface area contributed by atoms with Gasteiger partial charge in [-0.3, -0.25) is 0 Å². The molecule has 3 heteroatoms. The van der Waals surface area contributed by atoms with Crippen LogP contribution in [0.15, 0.2) is 36.5 Å². The smallest absolute Gasteiger partial charge is 0.0740 e. The number of aromatic nitrogens is 2. The molecule has 2 aromatic rings. The minimum absolute atomic E-state index is 0.368. The zero-order valence-corrected chi connectivity index (χ0v) is 9.01. The van der Waals surface area contributed by atoms with Gasteiger partial charge < -0.3 is 5.73 Å². The topological polar surface area (TPSA) is 43.8 Å². The van der Waals surface area contributed by atoms with Crippen LogP contribution in [0.5, 0.6) is 0 Å². The Morgan fingerprint density at radius 1 is 1.20 bits per heavy atom. The molecule has 15 heavy (non-hydrogen) atoms. The molecule has 0 spiro atoms. The molecular formula is C12H15N3. The third-order valence-electron chi connectivity index (χ3n) is 2.38. The van der Waals surface area contributed by atoms with Crippen LogP contribution in [0.1, 0.15) is 25.5 Å². The Balaban J connectivity index is 2.54. The van der Waals surface area contributed by atoms with E-state index in [1.165, 1.54) is 0 Å². The summed E-state index contributed by atoms with van der Waals surface area (Å²) < 4.78 is 1.90. The van der Waals surface area contributed by atoms with E-state index in [-0.39, 0.29) is 0 Å². The summed E-state index contributed by atoms with van der Waals surface area (Å²) >= 11 is 0. The van der Waals surface area contributed by atoms with Crippen molar-refractivity contribution in [1.29, 1.82) is 0 Å². The van der Waals surface area contributed by atoms with Crippen LogP contribution < -0.4 is 5.73 Å². The number of nitrogens with zero attached hydrogens (tertiary/aromatic N) is 2. The lowest BCUT2D eigenvalue weighted by atomic mass is 10.1. The van der Waals surface area contributed by atoms with Gasteiger partial charge in [-0.1, -0.05) is 32.0 Å². The van der Waals surface area contributed by atoms with Gasteiger partial charge in [-0.15, -0.1) is 0 Å². The molecule has 0 atom stereocenters. The number of anilines is 1. The fraction of sp³-hybridized carbons (Fsp3) is 0.250. The first kappa shape index (κ1) is 9.77. The predicted octanol–water partition coefficient (Wildman–Crippen LogP) is 2.58. The molecule has 78 valence electrons. The van der Waals surface area contributed by atoms with Crippen LogP contribution in [0, 0.1) is 0 Å². The molecule has 0 aliphatic rings. The van der Waals surface area contributed by atoms with E-state index in [0.717, 1.165) is 17.1 Å². The molecular weight excluding hydrogens is 186 g/mol. The second kappa shape index (κ2) is 3.77. The lowest BCUT2D eigenvalue weighted by Gasteiger charge is -2.10. The molecule has 3 nitrogen and oxygen atoms in total. The van der Waals surface area contributed by atoms with E-state index in [1.54, 1.807) is 6.20 Å². The van der Waals surface area contributed by atoms with Gasteiger partial charge in [-0.25, -0.2) is 4.68 Å². The minimum atomic E-state index is 0.368. The van der Waals surface area contributed by atoms with E-state index in [9.17, 15) is 0 Å². The molecule has 1 aromatic carbocycles. The van der Waals surface area contributed by atoms with Gasteiger partial charge in [0.15, 0.2) is 0 Å². The first-order valence-electron chi connectivity index (χ1n) is 5.09. The van der Waals surface area contributed by atoms with Crippen molar-refractivity contribution in [3.05, 3.63) is 42.2 Å². The summed E-state index contributed by atoms with van der Waals surface area (Å²) in [4.78, 5) is 0. The summed E-state index contributed by atoms with van der Waals surface area (Å²) in [6, 6.07) is 10.0.